The first kappa shape index (κ1) is 10.6. The quantitative estimate of drug-likeness (QED) is 0.883. The molecule has 2 N–H and O–H groups in total. The molecule has 0 amide bonds. The predicted molar refractivity (Wildman–Crippen MR) is 68.3 cm³/mol. The maximum absolute atomic E-state index is 6.07. The zero-order valence-corrected chi connectivity index (χ0v) is 10.3. The molecule has 78 valence electrons. The molecule has 0 spiro atoms. The monoisotopic (exact) mass is 313 g/mol. The minimum absolute atomic E-state index is 0.00176. The van der Waals surface area contributed by atoms with Crippen LogP contribution in [0.15, 0.2) is 42.7 Å². The molecule has 0 bridgehead atoms. The van der Waals surface area contributed by atoms with Crippen LogP contribution in [0, 0.1) is 3.57 Å². The maximum atomic E-state index is 6.07. The molecule has 1 aromatic heterocycles. The molecule has 0 radical (unpaired) electrons. The molecular weight excluding hydrogens is 301 g/mol. The topological polar surface area (TPSA) is 43.8 Å². The molecule has 2 rings (SSSR count). The fourth-order valence-electron chi connectivity index (χ4n) is 1.45. The normalized spacial score (nSPS) is 12.7. The van der Waals surface area contributed by atoms with Crippen LogP contribution in [0.5, 0.6) is 0 Å². The van der Waals surface area contributed by atoms with Crippen molar-refractivity contribution in [1.29, 1.82) is 0 Å². The second-order valence-electron chi connectivity index (χ2n) is 3.40. The van der Waals surface area contributed by atoms with E-state index in [9.17, 15) is 0 Å². The highest BCUT2D eigenvalue weighted by molar-refractivity contribution is 14.1. The Labute approximate surface area is 102 Å². The van der Waals surface area contributed by atoms with E-state index >= 15 is 0 Å². The summed E-state index contributed by atoms with van der Waals surface area (Å²) < 4.78 is 3.01. The van der Waals surface area contributed by atoms with Crippen LogP contribution in [0.3, 0.4) is 0 Å². The van der Waals surface area contributed by atoms with E-state index in [1.54, 1.807) is 0 Å². The Morgan fingerprint density at radius 2 is 2.07 bits per heavy atom. The molecule has 1 aromatic carbocycles. The zero-order valence-electron chi connectivity index (χ0n) is 8.18. The molecule has 0 aliphatic carbocycles. The highest BCUT2D eigenvalue weighted by Crippen LogP contribution is 2.12. The largest absolute Gasteiger partial charge is 0.322 e. The minimum Gasteiger partial charge on any atom is -0.322 e. The summed E-state index contributed by atoms with van der Waals surface area (Å²) in [5.41, 5.74) is 7.21. The van der Waals surface area contributed by atoms with Crippen LogP contribution in [0.25, 0.3) is 0 Å². The highest BCUT2D eigenvalue weighted by Gasteiger charge is 2.06. The molecule has 1 heterocycles. The van der Waals surface area contributed by atoms with E-state index in [2.05, 4.69) is 27.7 Å². The van der Waals surface area contributed by atoms with Gasteiger partial charge in [-0.1, -0.05) is 30.3 Å². The molecule has 3 nitrogen and oxygen atoms in total. The SMILES string of the molecule is NC(Cn1cc(I)cn1)c1ccccc1. The average molecular weight is 313 g/mol. The van der Waals surface area contributed by atoms with E-state index in [1.807, 2.05) is 47.4 Å². The van der Waals surface area contributed by atoms with Gasteiger partial charge in [-0.15, -0.1) is 0 Å². The molecule has 1 unspecified atom stereocenters. The molecule has 0 aliphatic rings. The molecule has 2 aromatic rings. The summed E-state index contributed by atoms with van der Waals surface area (Å²) in [7, 11) is 0. The van der Waals surface area contributed by atoms with Crippen molar-refractivity contribution in [2.24, 2.45) is 5.73 Å². The highest BCUT2D eigenvalue weighted by atomic mass is 127. The number of benzene rings is 1. The van der Waals surface area contributed by atoms with Crippen molar-refractivity contribution in [1.82, 2.24) is 9.78 Å². The predicted octanol–water partition coefficient (Wildman–Crippen LogP) is 2.19. The Morgan fingerprint density at radius 3 is 2.67 bits per heavy atom. The van der Waals surface area contributed by atoms with Crippen LogP contribution in [-0.2, 0) is 6.54 Å². The van der Waals surface area contributed by atoms with Gasteiger partial charge in [0.15, 0.2) is 0 Å². The molecule has 0 saturated carbocycles. The molecule has 0 fully saturated rings. The Bertz CT molecular complexity index is 424. The van der Waals surface area contributed by atoms with Crippen LogP contribution in [0.4, 0.5) is 0 Å². The van der Waals surface area contributed by atoms with Gasteiger partial charge in [0.2, 0.25) is 0 Å². The Morgan fingerprint density at radius 1 is 1.33 bits per heavy atom. The molecule has 15 heavy (non-hydrogen) atoms. The van der Waals surface area contributed by atoms with Crippen molar-refractivity contribution < 1.29 is 0 Å². The van der Waals surface area contributed by atoms with Gasteiger partial charge in [-0.3, -0.25) is 4.68 Å². The van der Waals surface area contributed by atoms with Crippen molar-refractivity contribution >= 4 is 22.6 Å². The van der Waals surface area contributed by atoms with Gasteiger partial charge in [-0.25, -0.2) is 0 Å². The van der Waals surface area contributed by atoms with E-state index in [-0.39, 0.29) is 6.04 Å². The number of aromatic nitrogens is 2. The summed E-state index contributed by atoms with van der Waals surface area (Å²) in [5, 5.41) is 4.21. The third-order valence-electron chi connectivity index (χ3n) is 2.21. The Kier molecular flexibility index (Phi) is 3.37. The summed E-state index contributed by atoms with van der Waals surface area (Å²) in [4.78, 5) is 0. The van der Waals surface area contributed by atoms with Gasteiger partial charge in [0.25, 0.3) is 0 Å². The summed E-state index contributed by atoms with van der Waals surface area (Å²) in [6.45, 7) is 0.715. The number of nitrogens with zero attached hydrogens (tertiary/aromatic N) is 2. The van der Waals surface area contributed by atoms with Crippen molar-refractivity contribution in [2.45, 2.75) is 12.6 Å². The van der Waals surface area contributed by atoms with Crippen molar-refractivity contribution in [3.05, 3.63) is 51.9 Å². The van der Waals surface area contributed by atoms with E-state index < -0.39 is 0 Å². The number of halogens is 1. The third kappa shape index (κ3) is 2.79. The first-order valence-corrected chi connectivity index (χ1v) is 5.82. The lowest BCUT2D eigenvalue weighted by Gasteiger charge is -2.11. The van der Waals surface area contributed by atoms with Crippen LogP contribution < -0.4 is 5.73 Å². The van der Waals surface area contributed by atoms with Crippen molar-refractivity contribution in [2.75, 3.05) is 0 Å². The van der Waals surface area contributed by atoms with Gasteiger partial charge in [0.1, 0.15) is 0 Å². The molecule has 1 atom stereocenters. The summed E-state index contributed by atoms with van der Waals surface area (Å²) in [6, 6.07) is 10.1. The average Bonchev–Trinajstić information content (AvgIpc) is 2.65. The minimum atomic E-state index is 0.00176. The molecule has 0 aliphatic heterocycles. The van der Waals surface area contributed by atoms with Crippen molar-refractivity contribution in [3.8, 4) is 0 Å². The van der Waals surface area contributed by atoms with E-state index in [1.165, 1.54) is 0 Å². The lowest BCUT2D eigenvalue weighted by molar-refractivity contribution is 0.527. The van der Waals surface area contributed by atoms with Gasteiger partial charge < -0.3 is 5.73 Å². The number of rotatable bonds is 3. The zero-order chi connectivity index (χ0) is 10.7. The van der Waals surface area contributed by atoms with Gasteiger partial charge in [0.05, 0.1) is 16.3 Å². The van der Waals surface area contributed by atoms with Crippen molar-refractivity contribution in [3.63, 3.8) is 0 Å². The van der Waals surface area contributed by atoms with Crippen LogP contribution in [0.1, 0.15) is 11.6 Å². The van der Waals surface area contributed by atoms with Crippen LogP contribution in [0.2, 0.25) is 0 Å². The second kappa shape index (κ2) is 4.76. The Balaban J connectivity index is 2.07. The molecule has 4 heteroatoms. The third-order valence-corrected chi connectivity index (χ3v) is 2.77. The lowest BCUT2D eigenvalue weighted by atomic mass is 10.1. The first-order valence-electron chi connectivity index (χ1n) is 4.74. The number of nitrogens with two attached hydrogens (primary N) is 1. The first-order chi connectivity index (χ1) is 7.25. The van der Waals surface area contributed by atoms with E-state index in [4.69, 9.17) is 5.73 Å². The fourth-order valence-corrected chi connectivity index (χ4v) is 1.89. The van der Waals surface area contributed by atoms with Crippen LogP contribution in [-0.4, -0.2) is 9.78 Å². The summed E-state index contributed by atoms with van der Waals surface area (Å²) >= 11 is 2.24. The van der Waals surface area contributed by atoms with Gasteiger partial charge in [0, 0.05) is 12.2 Å². The van der Waals surface area contributed by atoms with E-state index in [0.717, 1.165) is 9.13 Å². The maximum Gasteiger partial charge on any atom is 0.0623 e. The smallest absolute Gasteiger partial charge is 0.0623 e. The van der Waals surface area contributed by atoms with Gasteiger partial charge >= 0.3 is 0 Å². The molecular formula is C11H12IN3. The summed E-state index contributed by atoms with van der Waals surface area (Å²) in [5.74, 6) is 0. The van der Waals surface area contributed by atoms with Gasteiger partial charge in [-0.05, 0) is 28.2 Å². The number of hydrogen-bond donors (Lipinski definition) is 1. The van der Waals surface area contributed by atoms with Crippen LogP contribution >= 0.6 is 22.6 Å². The second-order valence-corrected chi connectivity index (χ2v) is 4.64. The lowest BCUT2D eigenvalue weighted by Crippen LogP contribution is -2.17. The van der Waals surface area contributed by atoms with E-state index in [0.29, 0.717) is 6.54 Å². The number of hydrogen-bond acceptors (Lipinski definition) is 2. The van der Waals surface area contributed by atoms with Gasteiger partial charge in [-0.2, -0.15) is 5.10 Å². The Hall–Kier alpha value is -0.880. The standard InChI is InChI=1S/C11H12IN3/c12-10-6-14-15(7-10)8-11(13)9-4-2-1-3-5-9/h1-7,11H,8,13H2. The summed E-state index contributed by atoms with van der Waals surface area (Å²) in [6.07, 6.45) is 3.82. The molecule has 0 saturated heterocycles. The fraction of sp³-hybridized carbons (Fsp3) is 0.182.